The second kappa shape index (κ2) is 3.97. The summed E-state index contributed by atoms with van der Waals surface area (Å²) < 4.78 is 5.39. The molecule has 2 nitrogen and oxygen atoms in total. The zero-order chi connectivity index (χ0) is 9.26. The van der Waals surface area contributed by atoms with Crippen molar-refractivity contribution in [1.82, 2.24) is 5.32 Å². The quantitative estimate of drug-likeness (QED) is 0.717. The van der Waals surface area contributed by atoms with Gasteiger partial charge in [0.25, 0.3) is 0 Å². The van der Waals surface area contributed by atoms with Crippen molar-refractivity contribution in [1.29, 1.82) is 0 Å². The Bertz CT molecular complexity index is 165. The largest absolute Gasteiger partial charge is 0.381 e. The summed E-state index contributed by atoms with van der Waals surface area (Å²) >= 11 is 0. The summed E-state index contributed by atoms with van der Waals surface area (Å²) in [6, 6.07) is 1.48. The molecule has 1 saturated carbocycles. The zero-order valence-corrected chi connectivity index (χ0v) is 8.75. The zero-order valence-electron chi connectivity index (χ0n) is 8.75. The van der Waals surface area contributed by atoms with E-state index in [2.05, 4.69) is 19.2 Å². The maximum atomic E-state index is 5.39. The van der Waals surface area contributed by atoms with Crippen LogP contribution in [0.5, 0.6) is 0 Å². The van der Waals surface area contributed by atoms with Crippen molar-refractivity contribution in [3.8, 4) is 0 Å². The number of nitrogens with one attached hydrogen (secondary N) is 1. The third-order valence-corrected chi connectivity index (χ3v) is 3.60. The van der Waals surface area contributed by atoms with E-state index >= 15 is 0 Å². The molecule has 0 aromatic heterocycles. The third-order valence-electron chi connectivity index (χ3n) is 3.60. The molecule has 0 spiro atoms. The fourth-order valence-corrected chi connectivity index (χ4v) is 2.32. The number of hydrogen-bond donors (Lipinski definition) is 1. The molecule has 1 N–H and O–H groups in total. The highest BCUT2D eigenvalue weighted by atomic mass is 16.5. The van der Waals surface area contributed by atoms with E-state index < -0.39 is 0 Å². The van der Waals surface area contributed by atoms with Gasteiger partial charge in [0.15, 0.2) is 0 Å². The Morgan fingerprint density at radius 1 is 1.54 bits per heavy atom. The van der Waals surface area contributed by atoms with Crippen LogP contribution in [0, 0.1) is 11.8 Å². The Morgan fingerprint density at radius 3 is 2.92 bits per heavy atom. The van der Waals surface area contributed by atoms with E-state index in [1.165, 1.54) is 19.3 Å². The van der Waals surface area contributed by atoms with E-state index in [0.29, 0.717) is 6.04 Å². The molecule has 1 aliphatic carbocycles. The minimum atomic E-state index is 0.657. The average molecular weight is 183 g/mol. The van der Waals surface area contributed by atoms with Gasteiger partial charge >= 0.3 is 0 Å². The Labute approximate surface area is 81.0 Å². The van der Waals surface area contributed by atoms with Crippen LogP contribution in [-0.4, -0.2) is 25.3 Å². The molecule has 1 aliphatic heterocycles. The topological polar surface area (TPSA) is 21.3 Å². The van der Waals surface area contributed by atoms with Crippen molar-refractivity contribution < 1.29 is 4.74 Å². The summed E-state index contributed by atoms with van der Waals surface area (Å²) in [6.07, 6.45) is 3.98. The lowest BCUT2D eigenvalue weighted by Gasteiger charge is -2.19. The van der Waals surface area contributed by atoms with Gasteiger partial charge in [-0.15, -0.1) is 0 Å². The molecule has 0 bridgehead atoms. The van der Waals surface area contributed by atoms with E-state index in [1.807, 2.05) is 0 Å². The van der Waals surface area contributed by atoms with Gasteiger partial charge in [0.05, 0.1) is 6.61 Å². The van der Waals surface area contributed by atoms with Crippen molar-refractivity contribution >= 4 is 0 Å². The summed E-state index contributed by atoms with van der Waals surface area (Å²) in [5, 5.41) is 3.72. The van der Waals surface area contributed by atoms with Crippen LogP contribution in [0.4, 0.5) is 0 Å². The van der Waals surface area contributed by atoms with Crippen molar-refractivity contribution in [2.75, 3.05) is 13.2 Å². The molecular formula is C11H21NO. The van der Waals surface area contributed by atoms with Crippen molar-refractivity contribution in [2.45, 2.75) is 45.2 Å². The fraction of sp³-hybridized carbons (Fsp3) is 1.00. The molecule has 2 heteroatoms. The molecule has 2 aliphatic rings. The predicted molar refractivity (Wildman–Crippen MR) is 53.7 cm³/mol. The van der Waals surface area contributed by atoms with Gasteiger partial charge in [0, 0.05) is 18.7 Å². The smallest absolute Gasteiger partial charge is 0.0509 e. The van der Waals surface area contributed by atoms with E-state index in [0.717, 1.165) is 31.1 Å². The Hall–Kier alpha value is -0.0800. The molecule has 0 aromatic rings. The van der Waals surface area contributed by atoms with Crippen molar-refractivity contribution in [3.05, 3.63) is 0 Å². The SMILES string of the molecule is CCC1CC1NC(C)C1CCOC1. The summed E-state index contributed by atoms with van der Waals surface area (Å²) in [6.45, 7) is 6.54. The summed E-state index contributed by atoms with van der Waals surface area (Å²) in [5.41, 5.74) is 0. The fourth-order valence-electron chi connectivity index (χ4n) is 2.32. The van der Waals surface area contributed by atoms with Crippen LogP contribution in [0.2, 0.25) is 0 Å². The predicted octanol–water partition coefficient (Wildman–Crippen LogP) is 1.80. The molecule has 4 atom stereocenters. The van der Waals surface area contributed by atoms with Gasteiger partial charge in [-0.1, -0.05) is 13.3 Å². The van der Waals surface area contributed by atoms with E-state index in [4.69, 9.17) is 4.74 Å². The van der Waals surface area contributed by atoms with Gasteiger partial charge in [0.2, 0.25) is 0 Å². The first-order chi connectivity index (χ1) is 6.31. The third kappa shape index (κ3) is 2.23. The molecule has 0 amide bonds. The normalized spacial score (nSPS) is 40.6. The van der Waals surface area contributed by atoms with Gasteiger partial charge in [-0.2, -0.15) is 0 Å². The number of rotatable bonds is 4. The standard InChI is InChI=1S/C11H21NO/c1-3-9-6-11(9)12-8(2)10-4-5-13-7-10/h8-12H,3-7H2,1-2H3. The summed E-state index contributed by atoms with van der Waals surface area (Å²) in [5.74, 6) is 1.72. The number of ether oxygens (including phenoxy) is 1. The first-order valence-corrected chi connectivity index (χ1v) is 5.65. The van der Waals surface area contributed by atoms with Gasteiger partial charge in [0.1, 0.15) is 0 Å². The van der Waals surface area contributed by atoms with Gasteiger partial charge in [-0.25, -0.2) is 0 Å². The molecule has 76 valence electrons. The molecule has 0 aromatic carbocycles. The molecule has 13 heavy (non-hydrogen) atoms. The molecule has 2 fully saturated rings. The molecule has 4 unspecified atom stereocenters. The van der Waals surface area contributed by atoms with E-state index in [1.54, 1.807) is 0 Å². The van der Waals surface area contributed by atoms with Crippen LogP contribution in [0.3, 0.4) is 0 Å². The van der Waals surface area contributed by atoms with Gasteiger partial charge < -0.3 is 10.1 Å². The molecule has 0 radical (unpaired) electrons. The van der Waals surface area contributed by atoms with Gasteiger partial charge in [-0.3, -0.25) is 0 Å². The molecule has 1 heterocycles. The van der Waals surface area contributed by atoms with Crippen LogP contribution >= 0.6 is 0 Å². The average Bonchev–Trinajstić information content (AvgIpc) is 2.68. The maximum Gasteiger partial charge on any atom is 0.0509 e. The van der Waals surface area contributed by atoms with Crippen LogP contribution in [0.25, 0.3) is 0 Å². The van der Waals surface area contributed by atoms with Crippen molar-refractivity contribution in [3.63, 3.8) is 0 Å². The first-order valence-electron chi connectivity index (χ1n) is 5.65. The lowest BCUT2D eigenvalue weighted by atomic mass is 10.0. The minimum Gasteiger partial charge on any atom is -0.381 e. The molecule has 2 rings (SSSR count). The highest BCUT2D eigenvalue weighted by Gasteiger charge is 2.37. The van der Waals surface area contributed by atoms with E-state index in [9.17, 15) is 0 Å². The Balaban J connectivity index is 1.69. The maximum absolute atomic E-state index is 5.39. The first kappa shape index (κ1) is 9.47. The minimum absolute atomic E-state index is 0.657. The Kier molecular flexibility index (Phi) is 2.89. The monoisotopic (exact) mass is 183 g/mol. The van der Waals surface area contributed by atoms with Crippen LogP contribution < -0.4 is 5.32 Å². The second-order valence-electron chi connectivity index (χ2n) is 4.59. The van der Waals surface area contributed by atoms with Crippen LogP contribution in [0.1, 0.15) is 33.1 Å². The Morgan fingerprint density at radius 2 is 2.38 bits per heavy atom. The lowest BCUT2D eigenvalue weighted by Crippen LogP contribution is -2.36. The lowest BCUT2D eigenvalue weighted by molar-refractivity contribution is 0.178. The van der Waals surface area contributed by atoms with Crippen LogP contribution in [0.15, 0.2) is 0 Å². The highest BCUT2D eigenvalue weighted by Crippen LogP contribution is 2.34. The summed E-state index contributed by atoms with van der Waals surface area (Å²) in [7, 11) is 0. The second-order valence-corrected chi connectivity index (χ2v) is 4.59. The van der Waals surface area contributed by atoms with E-state index in [-0.39, 0.29) is 0 Å². The van der Waals surface area contributed by atoms with Gasteiger partial charge in [-0.05, 0) is 31.6 Å². The summed E-state index contributed by atoms with van der Waals surface area (Å²) in [4.78, 5) is 0. The number of hydrogen-bond acceptors (Lipinski definition) is 2. The highest BCUT2D eigenvalue weighted by molar-refractivity contribution is 4.94. The van der Waals surface area contributed by atoms with Crippen LogP contribution in [-0.2, 0) is 4.74 Å². The molecule has 1 saturated heterocycles. The van der Waals surface area contributed by atoms with Crippen molar-refractivity contribution in [2.24, 2.45) is 11.8 Å². The molecular weight excluding hydrogens is 162 g/mol.